The highest BCUT2D eigenvalue weighted by atomic mass is 16.6. The summed E-state index contributed by atoms with van der Waals surface area (Å²) in [6, 6.07) is 18.2. The van der Waals surface area contributed by atoms with E-state index in [0.29, 0.717) is 65.8 Å². The minimum absolute atomic E-state index is 0.284. The van der Waals surface area contributed by atoms with Gasteiger partial charge in [-0.15, -0.1) is 0 Å². The molecule has 0 spiro atoms. The van der Waals surface area contributed by atoms with Crippen LogP contribution < -0.4 is 20.1 Å². The summed E-state index contributed by atoms with van der Waals surface area (Å²) in [6.45, 7) is 8.60. The largest absolute Gasteiger partial charge is 0.497 e. The Morgan fingerprint density at radius 1 is 0.642 bits per heavy atom. The summed E-state index contributed by atoms with van der Waals surface area (Å²) in [4.78, 5) is 53.5. The number of carbonyl (C=O) groups excluding carboxylic acids is 4. The van der Waals surface area contributed by atoms with Gasteiger partial charge in [0.25, 0.3) is 11.8 Å². The fourth-order valence-electron chi connectivity index (χ4n) is 6.41. The predicted molar refractivity (Wildman–Crippen MR) is 197 cm³/mol. The standard InChI is InChI=1S/C41H46N2O10/c1-24-12-10-14-28-30(24)18-26(48-5)20-32(28)38(46)52-34(40(3)22-50-40)36(44)42-16-8-7-9-17-43-37(45)35(41(4)23-51-41)53-39(47)33-21-27(49-6)19-31-25(2)13-11-15-29(31)33/h10-15,18-21,34-35H,7-9,16-17,22-23H2,1-6H3,(H,42,44)(H,43,45)/t34-,35-,40+,41+/m1/s1. The van der Waals surface area contributed by atoms with Gasteiger partial charge in [0.15, 0.2) is 0 Å². The van der Waals surface area contributed by atoms with Gasteiger partial charge in [-0.1, -0.05) is 36.4 Å². The van der Waals surface area contributed by atoms with Crippen molar-refractivity contribution in [1.29, 1.82) is 0 Å². The van der Waals surface area contributed by atoms with Gasteiger partial charge in [0.2, 0.25) is 12.2 Å². The average molecular weight is 727 g/mol. The van der Waals surface area contributed by atoms with Crippen LogP contribution in [0.25, 0.3) is 21.5 Å². The van der Waals surface area contributed by atoms with Gasteiger partial charge in [-0.3, -0.25) is 9.59 Å². The number of benzene rings is 4. The van der Waals surface area contributed by atoms with Gasteiger partial charge >= 0.3 is 11.9 Å². The SMILES string of the molecule is COc1cc(C(=O)O[C@H](C(=O)NCCCCCNC(=O)[C@@H](OC(=O)c2cc(OC)cc3c(C)cccc23)[C@]2(C)CO2)[C@]2(C)CO2)c2cccc(C)c2c1. The van der Waals surface area contributed by atoms with Crippen LogP contribution in [0.3, 0.4) is 0 Å². The number of nitrogens with one attached hydrogen (secondary N) is 2. The normalized spacial score (nSPS) is 19.9. The molecule has 2 heterocycles. The Bertz CT molecular complexity index is 1910. The van der Waals surface area contributed by atoms with Gasteiger partial charge in [-0.25, -0.2) is 9.59 Å². The predicted octanol–water partition coefficient (Wildman–Crippen LogP) is 5.36. The molecule has 2 amide bonds. The zero-order valence-electron chi connectivity index (χ0n) is 31.0. The summed E-state index contributed by atoms with van der Waals surface area (Å²) >= 11 is 0. The van der Waals surface area contributed by atoms with Crippen molar-refractivity contribution in [3.8, 4) is 11.5 Å². The number of ether oxygens (including phenoxy) is 6. The van der Waals surface area contributed by atoms with Crippen molar-refractivity contribution in [2.75, 3.05) is 40.5 Å². The molecule has 4 aromatic carbocycles. The summed E-state index contributed by atoms with van der Waals surface area (Å²) in [7, 11) is 3.06. The first-order valence-electron chi connectivity index (χ1n) is 17.8. The lowest BCUT2D eigenvalue weighted by Crippen LogP contribution is -2.46. The van der Waals surface area contributed by atoms with Crippen LogP contribution in [-0.4, -0.2) is 87.7 Å². The smallest absolute Gasteiger partial charge is 0.339 e. The van der Waals surface area contributed by atoms with Gasteiger partial charge in [-0.05, 0) is 104 Å². The molecule has 4 aromatic rings. The molecule has 2 fully saturated rings. The highest BCUT2D eigenvalue weighted by molar-refractivity contribution is 6.08. The number of fused-ring (bicyclic) bond motifs is 2. The van der Waals surface area contributed by atoms with Crippen LogP contribution in [0.5, 0.6) is 11.5 Å². The third-order valence-corrected chi connectivity index (χ3v) is 9.97. The summed E-state index contributed by atoms with van der Waals surface area (Å²) < 4.78 is 33.5. The number of carbonyl (C=O) groups is 4. The van der Waals surface area contributed by atoms with E-state index in [4.69, 9.17) is 28.4 Å². The first-order valence-corrected chi connectivity index (χ1v) is 17.8. The highest BCUT2D eigenvalue weighted by Gasteiger charge is 2.54. The number of amides is 2. The molecular formula is C41H46N2O10. The van der Waals surface area contributed by atoms with Crippen molar-refractivity contribution in [3.63, 3.8) is 0 Å². The van der Waals surface area contributed by atoms with E-state index in [2.05, 4.69) is 10.6 Å². The zero-order chi connectivity index (χ0) is 37.9. The molecule has 2 saturated heterocycles. The lowest BCUT2D eigenvalue weighted by atomic mass is 9.99. The van der Waals surface area contributed by atoms with Crippen molar-refractivity contribution in [1.82, 2.24) is 10.6 Å². The molecule has 0 radical (unpaired) electrons. The maximum atomic E-state index is 13.5. The van der Waals surface area contributed by atoms with Gasteiger partial charge in [-0.2, -0.15) is 0 Å². The Labute approximate surface area is 308 Å². The third kappa shape index (κ3) is 8.23. The minimum Gasteiger partial charge on any atom is -0.497 e. The third-order valence-electron chi connectivity index (χ3n) is 9.97. The van der Waals surface area contributed by atoms with Crippen molar-refractivity contribution in [2.24, 2.45) is 0 Å². The van der Waals surface area contributed by atoms with Gasteiger partial charge in [0.05, 0.1) is 38.6 Å². The number of hydrogen-bond acceptors (Lipinski definition) is 10. The highest BCUT2D eigenvalue weighted by Crippen LogP contribution is 2.36. The van der Waals surface area contributed by atoms with Crippen molar-refractivity contribution in [3.05, 3.63) is 82.9 Å². The van der Waals surface area contributed by atoms with E-state index < -0.39 is 47.2 Å². The second-order valence-corrected chi connectivity index (χ2v) is 14.1. The Morgan fingerprint density at radius 2 is 1.04 bits per heavy atom. The van der Waals surface area contributed by atoms with Crippen LogP contribution in [-0.2, 0) is 28.5 Å². The van der Waals surface area contributed by atoms with Crippen molar-refractivity contribution < 1.29 is 47.6 Å². The molecule has 53 heavy (non-hydrogen) atoms. The fraction of sp³-hybridized carbons (Fsp3) is 0.415. The molecule has 280 valence electrons. The van der Waals surface area contributed by atoms with E-state index in [9.17, 15) is 19.2 Å². The summed E-state index contributed by atoms with van der Waals surface area (Å²) in [5, 5.41) is 8.86. The molecule has 2 aliphatic heterocycles. The molecule has 2 aliphatic rings. The fourth-order valence-corrected chi connectivity index (χ4v) is 6.41. The first kappa shape index (κ1) is 37.6. The molecule has 0 unspecified atom stereocenters. The van der Waals surface area contributed by atoms with E-state index in [0.717, 1.165) is 21.9 Å². The van der Waals surface area contributed by atoms with E-state index in [-0.39, 0.29) is 13.2 Å². The summed E-state index contributed by atoms with van der Waals surface area (Å²) in [5.41, 5.74) is 0.712. The number of epoxide rings is 2. The van der Waals surface area contributed by atoms with Crippen LogP contribution in [0.15, 0.2) is 60.7 Å². The number of hydrogen-bond donors (Lipinski definition) is 2. The molecule has 12 heteroatoms. The minimum atomic E-state index is -1.15. The molecule has 0 saturated carbocycles. The maximum absolute atomic E-state index is 13.5. The Kier molecular flexibility index (Phi) is 10.9. The van der Waals surface area contributed by atoms with Crippen LogP contribution in [0, 0.1) is 13.8 Å². The van der Waals surface area contributed by atoms with Gasteiger partial charge in [0, 0.05) is 13.1 Å². The number of unbranched alkanes of at least 4 members (excludes halogenated alkanes) is 2. The van der Waals surface area contributed by atoms with E-state index in [1.165, 1.54) is 14.2 Å². The average Bonchev–Trinajstić information content (AvgIpc) is 4.09. The van der Waals surface area contributed by atoms with Crippen molar-refractivity contribution >= 4 is 45.3 Å². The van der Waals surface area contributed by atoms with Gasteiger partial charge in [0.1, 0.15) is 22.7 Å². The molecule has 2 N–H and O–H groups in total. The Morgan fingerprint density at radius 3 is 1.40 bits per heavy atom. The zero-order valence-corrected chi connectivity index (χ0v) is 31.0. The van der Waals surface area contributed by atoms with E-state index in [1.54, 1.807) is 26.0 Å². The lowest BCUT2D eigenvalue weighted by molar-refractivity contribution is -0.133. The number of methoxy groups -OCH3 is 2. The molecule has 4 atom stereocenters. The second kappa shape index (κ2) is 15.4. The van der Waals surface area contributed by atoms with Crippen LogP contribution >= 0.6 is 0 Å². The molecule has 12 nitrogen and oxygen atoms in total. The molecule has 0 bridgehead atoms. The van der Waals surface area contributed by atoms with Crippen LogP contribution in [0.1, 0.15) is 65.0 Å². The summed E-state index contributed by atoms with van der Waals surface area (Å²) in [5.74, 6) is -1.17. The maximum Gasteiger partial charge on any atom is 0.339 e. The van der Waals surface area contributed by atoms with Crippen LogP contribution in [0.4, 0.5) is 0 Å². The Balaban J connectivity index is 0.992. The van der Waals surface area contributed by atoms with E-state index in [1.807, 2.05) is 62.4 Å². The number of aryl methyl sites for hydroxylation is 2. The Hall–Kier alpha value is -5.20. The quantitative estimate of drug-likeness (QED) is 0.0877. The van der Waals surface area contributed by atoms with Gasteiger partial charge < -0.3 is 39.1 Å². The second-order valence-electron chi connectivity index (χ2n) is 14.1. The van der Waals surface area contributed by atoms with E-state index >= 15 is 0 Å². The topological polar surface area (TPSA) is 154 Å². The monoisotopic (exact) mass is 726 g/mol. The van der Waals surface area contributed by atoms with Crippen molar-refractivity contribution in [2.45, 2.75) is 70.4 Å². The molecule has 6 rings (SSSR count). The van der Waals surface area contributed by atoms with Crippen LogP contribution in [0.2, 0.25) is 0 Å². The number of esters is 2. The lowest BCUT2D eigenvalue weighted by Gasteiger charge is -2.22. The first-order chi connectivity index (χ1) is 25.4. The molecular weight excluding hydrogens is 680 g/mol. The summed E-state index contributed by atoms with van der Waals surface area (Å²) in [6.07, 6.45) is -0.390. The molecule has 0 aliphatic carbocycles. The molecule has 0 aromatic heterocycles. The number of rotatable bonds is 16.